The summed E-state index contributed by atoms with van der Waals surface area (Å²) >= 11 is 1.81. The number of nitrogens with zero attached hydrogens (tertiary/aromatic N) is 1. The van der Waals surface area contributed by atoms with E-state index in [0.717, 1.165) is 25.4 Å². The first-order chi connectivity index (χ1) is 8.75. The molecule has 5 heteroatoms. The van der Waals surface area contributed by atoms with Crippen LogP contribution in [0.25, 0.3) is 0 Å². The highest BCUT2D eigenvalue weighted by atomic mass is 35.5. The number of thioether (sulfide) groups is 1. The minimum atomic E-state index is 0. The molecule has 3 nitrogen and oxygen atoms in total. The SMILES string of the molecule is C[C@H]1CN(C(=O)C2CSc3ccccc32)CCN1.Cl. The second kappa shape index (κ2) is 6.16. The second-order valence-corrected chi connectivity index (χ2v) is 6.10. The van der Waals surface area contributed by atoms with Crippen molar-refractivity contribution in [1.82, 2.24) is 10.2 Å². The van der Waals surface area contributed by atoms with Gasteiger partial charge in [-0.2, -0.15) is 0 Å². The molecule has 1 fully saturated rings. The normalized spacial score (nSPS) is 25.6. The molecule has 2 heterocycles. The molecule has 2 atom stereocenters. The number of rotatable bonds is 1. The standard InChI is InChI=1S/C14H18N2OS.ClH/c1-10-8-16(7-6-15-10)14(17)12-9-18-13-5-3-2-4-11(12)13;/h2-5,10,12,15H,6-9H2,1H3;1H/t10-,12?;/m0./s1. The smallest absolute Gasteiger partial charge is 0.231 e. The summed E-state index contributed by atoms with van der Waals surface area (Å²) in [5.74, 6) is 1.27. The van der Waals surface area contributed by atoms with E-state index in [-0.39, 0.29) is 18.3 Å². The molecule has 1 saturated heterocycles. The van der Waals surface area contributed by atoms with Crippen LogP contribution in [-0.4, -0.2) is 42.2 Å². The highest BCUT2D eigenvalue weighted by molar-refractivity contribution is 7.99. The van der Waals surface area contributed by atoms with Crippen molar-refractivity contribution in [2.24, 2.45) is 0 Å². The Morgan fingerprint density at radius 1 is 1.42 bits per heavy atom. The van der Waals surface area contributed by atoms with Gasteiger partial charge in [0.05, 0.1) is 5.92 Å². The first-order valence-electron chi connectivity index (χ1n) is 6.49. The Hall–Kier alpha value is -0.710. The lowest BCUT2D eigenvalue weighted by Crippen LogP contribution is -2.52. The second-order valence-electron chi connectivity index (χ2n) is 5.04. The fourth-order valence-electron chi connectivity index (χ4n) is 2.72. The van der Waals surface area contributed by atoms with Gasteiger partial charge in [0.25, 0.3) is 0 Å². The van der Waals surface area contributed by atoms with Crippen LogP contribution in [0.4, 0.5) is 0 Å². The van der Waals surface area contributed by atoms with Crippen molar-refractivity contribution in [2.45, 2.75) is 23.8 Å². The van der Waals surface area contributed by atoms with Gasteiger partial charge in [-0.15, -0.1) is 24.2 Å². The van der Waals surface area contributed by atoms with E-state index in [2.05, 4.69) is 24.4 Å². The lowest BCUT2D eigenvalue weighted by atomic mass is 9.99. The molecule has 0 saturated carbocycles. The molecular weight excluding hydrogens is 280 g/mol. The quantitative estimate of drug-likeness (QED) is 0.862. The van der Waals surface area contributed by atoms with Gasteiger partial charge in [-0.05, 0) is 18.6 Å². The third kappa shape index (κ3) is 2.91. The monoisotopic (exact) mass is 298 g/mol. The van der Waals surface area contributed by atoms with Crippen molar-refractivity contribution in [3.63, 3.8) is 0 Å². The van der Waals surface area contributed by atoms with E-state index in [1.807, 2.05) is 17.0 Å². The van der Waals surface area contributed by atoms with Gasteiger partial charge in [0, 0.05) is 36.3 Å². The van der Waals surface area contributed by atoms with E-state index >= 15 is 0 Å². The lowest BCUT2D eigenvalue weighted by molar-refractivity contribution is -0.133. The van der Waals surface area contributed by atoms with Gasteiger partial charge in [0.15, 0.2) is 0 Å². The number of halogens is 1. The zero-order valence-corrected chi connectivity index (χ0v) is 12.6. The minimum Gasteiger partial charge on any atom is -0.339 e. The molecule has 1 N–H and O–H groups in total. The molecule has 0 radical (unpaired) electrons. The molecule has 2 aliphatic rings. The Morgan fingerprint density at radius 2 is 2.21 bits per heavy atom. The maximum atomic E-state index is 12.6. The van der Waals surface area contributed by atoms with Crippen LogP contribution in [0.15, 0.2) is 29.2 Å². The van der Waals surface area contributed by atoms with E-state index in [1.165, 1.54) is 10.5 Å². The Kier molecular flexibility index (Phi) is 4.76. The highest BCUT2D eigenvalue weighted by Gasteiger charge is 2.33. The number of benzene rings is 1. The maximum Gasteiger partial charge on any atom is 0.231 e. The zero-order chi connectivity index (χ0) is 12.5. The number of carbonyl (C=O) groups excluding carboxylic acids is 1. The molecular formula is C14H19ClN2OS. The number of fused-ring (bicyclic) bond motifs is 1. The number of hydrogen-bond donors (Lipinski definition) is 1. The molecule has 1 aromatic carbocycles. The predicted molar refractivity (Wildman–Crippen MR) is 81.2 cm³/mol. The fraction of sp³-hybridized carbons (Fsp3) is 0.500. The van der Waals surface area contributed by atoms with E-state index in [4.69, 9.17) is 0 Å². The van der Waals surface area contributed by atoms with Crippen molar-refractivity contribution < 1.29 is 4.79 Å². The van der Waals surface area contributed by atoms with Gasteiger partial charge in [-0.3, -0.25) is 4.79 Å². The van der Waals surface area contributed by atoms with E-state index in [9.17, 15) is 4.79 Å². The molecule has 1 unspecified atom stereocenters. The Labute approximate surface area is 124 Å². The van der Waals surface area contributed by atoms with Crippen LogP contribution >= 0.6 is 24.2 Å². The summed E-state index contributed by atoms with van der Waals surface area (Å²) in [5.41, 5.74) is 1.22. The van der Waals surface area contributed by atoms with Gasteiger partial charge < -0.3 is 10.2 Å². The third-order valence-corrected chi connectivity index (χ3v) is 4.86. The van der Waals surface area contributed by atoms with Gasteiger partial charge in [0.2, 0.25) is 5.91 Å². The first-order valence-corrected chi connectivity index (χ1v) is 7.48. The number of nitrogens with one attached hydrogen (secondary N) is 1. The van der Waals surface area contributed by atoms with E-state index in [1.54, 1.807) is 11.8 Å². The summed E-state index contributed by atoms with van der Waals surface area (Å²) in [6.45, 7) is 4.72. The summed E-state index contributed by atoms with van der Waals surface area (Å²) in [6, 6.07) is 8.71. The largest absolute Gasteiger partial charge is 0.339 e. The molecule has 2 aliphatic heterocycles. The summed E-state index contributed by atoms with van der Waals surface area (Å²) < 4.78 is 0. The van der Waals surface area contributed by atoms with Crippen molar-refractivity contribution >= 4 is 30.1 Å². The van der Waals surface area contributed by atoms with Gasteiger partial charge in [0.1, 0.15) is 0 Å². The first kappa shape index (κ1) is 14.7. The van der Waals surface area contributed by atoms with E-state index < -0.39 is 0 Å². The summed E-state index contributed by atoms with van der Waals surface area (Å²) in [6.07, 6.45) is 0. The third-order valence-electron chi connectivity index (χ3n) is 3.68. The van der Waals surface area contributed by atoms with Gasteiger partial charge in [-0.1, -0.05) is 18.2 Å². The average molecular weight is 299 g/mol. The predicted octanol–water partition coefficient (Wildman–Crippen LogP) is 2.12. The van der Waals surface area contributed by atoms with Gasteiger partial charge >= 0.3 is 0 Å². The minimum absolute atomic E-state index is 0. The molecule has 3 rings (SSSR count). The molecule has 104 valence electrons. The molecule has 0 spiro atoms. The lowest BCUT2D eigenvalue weighted by Gasteiger charge is -2.33. The molecule has 0 aliphatic carbocycles. The average Bonchev–Trinajstić information content (AvgIpc) is 2.82. The zero-order valence-electron chi connectivity index (χ0n) is 11.0. The summed E-state index contributed by atoms with van der Waals surface area (Å²) in [7, 11) is 0. The number of carbonyl (C=O) groups is 1. The fourth-order valence-corrected chi connectivity index (χ4v) is 3.94. The van der Waals surface area contributed by atoms with E-state index in [0.29, 0.717) is 11.9 Å². The van der Waals surface area contributed by atoms with Crippen LogP contribution in [0, 0.1) is 0 Å². The van der Waals surface area contributed by atoms with Crippen LogP contribution in [0.2, 0.25) is 0 Å². The molecule has 0 aromatic heterocycles. The summed E-state index contributed by atoms with van der Waals surface area (Å²) in [5, 5.41) is 3.38. The number of hydrogen-bond acceptors (Lipinski definition) is 3. The van der Waals surface area contributed by atoms with Crippen LogP contribution in [-0.2, 0) is 4.79 Å². The maximum absolute atomic E-state index is 12.6. The molecule has 0 bridgehead atoms. The van der Waals surface area contributed by atoms with Crippen molar-refractivity contribution in [2.75, 3.05) is 25.4 Å². The van der Waals surface area contributed by atoms with Crippen LogP contribution in [0.3, 0.4) is 0 Å². The molecule has 19 heavy (non-hydrogen) atoms. The summed E-state index contributed by atoms with van der Waals surface area (Å²) in [4.78, 5) is 15.9. The Bertz CT molecular complexity index is 469. The Morgan fingerprint density at radius 3 is 3.00 bits per heavy atom. The van der Waals surface area contributed by atoms with Crippen LogP contribution in [0.5, 0.6) is 0 Å². The topological polar surface area (TPSA) is 32.3 Å². The van der Waals surface area contributed by atoms with Crippen molar-refractivity contribution in [3.8, 4) is 0 Å². The van der Waals surface area contributed by atoms with Crippen molar-refractivity contribution in [3.05, 3.63) is 29.8 Å². The van der Waals surface area contributed by atoms with Crippen LogP contribution < -0.4 is 5.32 Å². The number of amides is 1. The van der Waals surface area contributed by atoms with Crippen LogP contribution in [0.1, 0.15) is 18.4 Å². The number of piperazine rings is 1. The van der Waals surface area contributed by atoms with Crippen molar-refractivity contribution in [1.29, 1.82) is 0 Å². The highest BCUT2D eigenvalue weighted by Crippen LogP contribution is 2.40. The molecule has 1 amide bonds. The Balaban J connectivity index is 0.00000133. The van der Waals surface area contributed by atoms with Gasteiger partial charge in [-0.25, -0.2) is 0 Å². The molecule has 1 aromatic rings.